The molecule has 2 aromatic heterocycles. The lowest BCUT2D eigenvalue weighted by atomic mass is 10.1. The van der Waals surface area contributed by atoms with Gasteiger partial charge in [-0.15, -0.1) is 0 Å². The van der Waals surface area contributed by atoms with Gasteiger partial charge in [-0.3, -0.25) is 14.6 Å². The van der Waals surface area contributed by atoms with Gasteiger partial charge in [0.2, 0.25) is 5.95 Å². The summed E-state index contributed by atoms with van der Waals surface area (Å²) in [6.07, 6.45) is 4.85. The molecule has 0 fully saturated rings. The van der Waals surface area contributed by atoms with Gasteiger partial charge in [0.25, 0.3) is 5.91 Å². The Morgan fingerprint density at radius 3 is 2.62 bits per heavy atom. The van der Waals surface area contributed by atoms with Gasteiger partial charge < -0.3 is 10.6 Å². The molecule has 1 amide bonds. The number of hydrogen-bond donors (Lipinski definition) is 2. The Morgan fingerprint density at radius 2 is 1.85 bits per heavy atom. The van der Waals surface area contributed by atoms with Gasteiger partial charge >= 0.3 is 0 Å². The number of carbonyl (C=O) groups excluding carboxylic acids is 2. The van der Waals surface area contributed by atoms with Crippen molar-refractivity contribution in [2.75, 3.05) is 5.32 Å². The molecule has 0 radical (unpaired) electrons. The highest BCUT2D eigenvalue weighted by Crippen LogP contribution is 2.15. The molecule has 3 rings (SSSR count). The quantitative estimate of drug-likeness (QED) is 0.666. The normalized spacial score (nSPS) is 10.2. The summed E-state index contributed by atoms with van der Waals surface area (Å²) in [7, 11) is 0. The number of amides is 1. The molecule has 0 spiro atoms. The second kappa shape index (κ2) is 7.98. The van der Waals surface area contributed by atoms with E-state index in [9.17, 15) is 9.59 Å². The Bertz CT molecular complexity index is 928. The van der Waals surface area contributed by atoms with Crippen molar-refractivity contribution in [2.45, 2.75) is 13.5 Å². The molecule has 0 atom stereocenters. The van der Waals surface area contributed by atoms with Gasteiger partial charge in [-0.25, -0.2) is 9.97 Å². The first kappa shape index (κ1) is 17.2. The molecule has 0 saturated carbocycles. The summed E-state index contributed by atoms with van der Waals surface area (Å²) in [5, 5.41) is 5.81. The van der Waals surface area contributed by atoms with E-state index in [-0.39, 0.29) is 23.3 Å². The Labute approximate surface area is 150 Å². The molecule has 26 heavy (non-hydrogen) atoms. The lowest BCUT2D eigenvalue weighted by Crippen LogP contribution is -2.24. The second-order valence-electron chi connectivity index (χ2n) is 5.57. The number of nitrogens with zero attached hydrogens (tertiary/aromatic N) is 3. The standard InChI is InChI=1S/C19H17N5O2/c1-13(25)15-3-2-4-16(11-15)23-19-21-10-7-17(24-19)18(26)22-12-14-5-8-20-9-6-14/h2-11H,12H2,1H3,(H,22,26)(H,21,23,24). The molecule has 0 bridgehead atoms. The molecule has 2 N–H and O–H groups in total. The van der Waals surface area contributed by atoms with Gasteiger partial charge in [0, 0.05) is 36.4 Å². The van der Waals surface area contributed by atoms with Crippen molar-refractivity contribution in [3.05, 3.63) is 77.9 Å². The average Bonchev–Trinajstić information content (AvgIpc) is 2.67. The van der Waals surface area contributed by atoms with Crippen LogP contribution in [0.4, 0.5) is 11.6 Å². The average molecular weight is 347 g/mol. The van der Waals surface area contributed by atoms with Crippen LogP contribution >= 0.6 is 0 Å². The molecule has 2 heterocycles. The van der Waals surface area contributed by atoms with E-state index in [0.29, 0.717) is 17.8 Å². The van der Waals surface area contributed by atoms with Gasteiger partial charge in [0.1, 0.15) is 5.69 Å². The molecule has 7 heteroatoms. The van der Waals surface area contributed by atoms with Crippen LogP contribution in [0, 0.1) is 0 Å². The van der Waals surface area contributed by atoms with Crippen LogP contribution in [0.5, 0.6) is 0 Å². The highest BCUT2D eigenvalue weighted by Gasteiger charge is 2.09. The summed E-state index contributed by atoms with van der Waals surface area (Å²) in [5.74, 6) is -0.0502. The molecule has 0 aliphatic carbocycles. The number of Topliss-reactive ketones (excluding diaryl/α,β-unsaturated/α-hetero) is 1. The molecule has 7 nitrogen and oxygen atoms in total. The summed E-state index contributed by atoms with van der Waals surface area (Å²) in [5.41, 5.74) is 2.45. The fourth-order valence-corrected chi connectivity index (χ4v) is 2.26. The van der Waals surface area contributed by atoms with Gasteiger partial charge in [-0.05, 0) is 42.8 Å². The highest BCUT2D eigenvalue weighted by molar-refractivity contribution is 5.95. The number of nitrogens with one attached hydrogen (secondary N) is 2. The minimum Gasteiger partial charge on any atom is -0.347 e. The maximum atomic E-state index is 12.3. The third-order valence-electron chi connectivity index (χ3n) is 3.62. The van der Waals surface area contributed by atoms with E-state index in [1.54, 1.807) is 42.7 Å². The monoisotopic (exact) mass is 347 g/mol. The zero-order valence-corrected chi connectivity index (χ0v) is 14.1. The van der Waals surface area contributed by atoms with E-state index in [1.165, 1.54) is 13.1 Å². The first-order chi connectivity index (χ1) is 12.6. The Hall–Kier alpha value is -3.61. The number of anilines is 2. The van der Waals surface area contributed by atoms with Crippen molar-refractivity contribution in [2.24, 2.45) is 0 Å². The first-order valence-electron chi connectivity index (χ1n) is 8.00. The lowest BCUT2D eigenvalue weighted by molar-refractivity contribution is 0.0945. The molecule has 0 unspecified atom stereocenters. The predicted molar refractivity (Wildman–Crippen MR) is 97.2 cm³/mol. The maximum absolute atomic E-state index is 12.3. The first-order valence-corrected chi connectivity index (χ1v) is 8.00. The minimum atomic E-state index is -0.301. The summed E-state index contributed by atoms with van der Waals surface area (Å²) >= 11 is 0. The zero-order valence-electron chi connectivity index (χ0n) is 14.1. The smallest absolute Gasteiger partial charge is 0.270 e. The van der Waals surface area contributed by atoms with E-state index in [1.807, 2.05) is 12.1 Å². The van der Waals surface area contributed by atoms with Gasteiger partial charge in [0.05, 0.1) is 0 Å². The van der Waals surface area contributed by atoms with Crippen LogP contribution in [0.1, 0.15) is 33.3 Å². The summed E-state index contributed by atoms with van der Waals surface area (Å²) in [4.78, 5) is 36.0. The number of rotatable bonds is 6. The number of hydrogen-bond acceptors (Lipinski definition) is 6. The summed E-state index contributed by atoms with van der Waals surface area (Å²) in [6.45, 7) is 1.89. The van der Waals surface area contributed by atoms with Crippen molar-refractivity contribution in [1.29, 1.82) is 0 Å². The van der Waals surface area contributed by atoms with Gasteiger partial charge in [-0.2, -0.15) is 0 Å². The molecule has 0 saturated heterocycles. The summed E-state index contributed by atoms with van der Waals surface area (Å²) in [6, 6.07) is 12.2. The van der Waals surface area contributed by atoms with Gasteiger partial charge in [0.15, 0.2) is 5.78 Å². The molecule has 1 aromatic carbocycles. The number of pyridine rings is 1. The van der Waals surface area contributed by atoms with E-state index >= 15 is 0 Å². The maximum Gasteiger partial charge on any atom is 0.270 e. The number of carbonyl (C=O) groups is 2. The number of ketones is 1. The second-order valence-corrected chi connectivity index (χ2v) is 5.57. The van der Waals surface area contributed by atoms with Crippen molar-refractivity contribution >= 4 is 23.3 Å². The van der Waals surface area contributed by atoms with E-state index in [2.05, 4.69) is 25.6 Å². The van der Waals surface area contributed by atoms with Crippen LogP contribution in [0.2, 0.25) is 0 Å². The summed E-state index contributed by atoms with van der Waals surface area (Å²) < 4.78 is 0. The topological polar surface area (TPSA) is 96.9 Å². The third kappa shape index (κ3) is 4.47. The van der Waals surface area contributed by atoms with Crippen LogP contribution < -0.4 is 10.6 Å². The predicted octanol–water partition coefficient (Wildman–Crippen LogP) is 2.75. The van der Waals surface area contributed by atoms with Crippen molar-refractivity contribution < 1.29 is 9.59 Å². The number of benzene rings is 1. The Morgan fingerprint density at radius 1 is 1.04 bits per heavy atom. The van der Waals surface area contributed by atoms with E-state index < -0.39 is 0 Å². The van der Waals surface area contributed by atoms with Crippen molar-refractivity contribution in [1.82, 2.24) is 20.3 Å². The zero-order chi connectivity index (χ0) is 18.4. The lowest BCUT2D eigenvalue weighted by Gasteiger charge is -2.08. The van der Waals surface area contributed by atoms with Crippen LogP contribution in [0.25, 0.3) is 0 Å². The molecular weight excluding hydrogens is 330 g/mol. The SMILES string of the molecule is CC(=O)c1cccc(Nc2nccc(C(=O)NCc3ccncc3)n2)c1. The van der Waals surface area contributed by atoms with Crippen molar-refractivity contribution in [3.63, 3.8) is 0 Å². The van der Waals surface area contributed by atoms with Crippen LogP contribution in [0.15, 0.2) is 61.1 Å². The minimum absolute atomic E-state index is 0.0289. The Balaban J connectivity index is 1.68. The van der Waals surface area contributed by atoms with Crippen LogP contribution in [-0.2, 0) is 6.54 Å². The third-order valence-corrected chi connectivity index (χ3v) is 3.62. The van der Waals surface area contributed by atoms with Crippen LogP contribution in [0.3, 0.4) is 0 Å². The molecule has 3 aromatic rings. The Kier molecular flexibility index (Phi) is 5.28. The molecule has 0 aliphatic heterocycles. The fourth-order valence-electron chi connectivity index (χ4n) is 2.26. The molecular formula is C19H17N5O2. The van der Waals surface area contributed by atoms with E-state index in [4.69, 9.17) is 0 Å². The molecule has 0 aliphatic rings. The number of aromatic nitrogens is 3. The van der Waals surface area contributed by atoms with Gasteiger partial charge in [-0.1, -0.05) is 12.1 Å². The van der Waals surface area contributed by atoms with E-state index in [0.717, 1.165) is 5.56 Å². The van der Waals surface area contributed by atoms with Crippen molar-refractivity contribution in [3.8, 4) is 0 Å². The highest BCUT2D eigenvalue weighted by atomic mass is 16.1. The fraction of sp³-hybridized carbons (Fsp3) is 0.105. The largest absolute Gasteiger partial charge is 0.347 e. The van der Waals surface area contributed by atoms with Crippen LogP contribution in [-0.4, -0.2) is 26.6 Å². The molecule has 130 valence electrons.